The number of rotatable bonds is 3. The maximum absolute atomic E-state index is 5.69. The van der Waals surface area contributed by atoms with Gasteiger partial charge in [-0.05, 0) is 48.4 Å². The summed E-state index contributed by atoms with van der Waals surface area (Å²) in [5.41, 5.74) is 8.58. The van der Waals surface area contributed by atoms with Gasteiger partial charge in [-0.25, -0.2) is 0 Å². The maximum Gasteiger partial charge on any atom is 0.122 e. The average Bonchev–Trinajstić information content (AvgIpc) is 2.29. The zero-order valence-corrected chi connectivity index (χ0v) is 9.18. The van der Waals surface area contributed by atoms with E-state index in [-0.39, 0.29) is 0 Å². The van der Waals surface area contributed by atoms with E-state index in [1.807, 2.05) is 37.3 Å². The van der Waals surface area contributed by atoms with Crippen LogP contribution in [-0.4, -0.2) is 4.98 Å². The first kappa shape index (κ1) is 10.5. The summed E-state index contributed by atoms with van der Waals surface area (Å²) < 4.78 is 5.69. The number of nitrogens with zero attached hydrogens (tertiary/aromatic N) is 1. The molecule has 2 rings (SSSR count). The number of hydrogen-bond acceptors (Lipinski definition) is 3. The molecule has 0 spiro atoms. The Morgan fingerprint density at radius 2 is 1.94 bits per heavy atom. The van der Waals surface area contributed by atoms with Crippen LogP contribution >= 0.6 is 0 Å². The zero-order valence-electron chi connectivity index (χ0n) is 9.18. The summed E-state index contributed by atoms with van der Waals surface area (Å²) >= 11 is 0. The van der Waals surface area contributed by atoms with Crippen molar-refractivity contribution in [2.24, 2.45) is 0 Å². The van der Waals surface area contributed by atoms with Crippen molar-refractivity contribution in [3.8, 4) is 5.75 Å². The van der Waals surface area contributed by atoms with E-state index >= 15 is 0 Å². The minimum Gasteiger partial charge on any atom is -0.489 e. The average molecular weight is 214 g/mol. The fourth-order valence-corrected chi connectivity index (χ4v) is 1.47. The molecule has 0 unspecified atom stereocenters. The van der Waals surface area contributed by atoms with Crippen LogP contribution in [-0.2, 0) is 6.61 Å². The molecule has 1 aromatic carbocycles. The Kier molecular flexibility index (Phi) is 3.05. The monoisotopic (exact) mass is 214 g/mol. The molecule has 2 aromatic rings. The molecule has 0 aliphatic heterocycles. The minimum absolute atomic E-state index is 0.549. The number of benzene rings is 1. The van der Waals surface area contributed by atoms with Gasteiger partial charge in [0.2, 0.25) is 0 Å². The largest absolute Gasteiger partial charge is 0.489 e. The summed E-state index contributed by atoms with van der Waals surface area (Å²) in [6.45, 7) is 2.53. The molecule has 0 bridgehead atoms. The molecular weight excluding hydrogens is 200 g/mol. The van der Waals surface area contributed by atoms with Crippen LogP contribution in [0.1, 0.15) is 11.1 Å². The summed E-state index contributed by atoms with van der Waals surface area (Å²) in [7, 11) is 0. The molecule has 0 radical (unpaired) electrons. The molecule has 82 valence electrons. The Hall–Kier alpha value is -2.03. The number of nitrogen functional groups attached to an aromatic ring is 1. The van der Waals surface area contributed by atoms with Crippen LogP contribution in [0, 0.1) is 6.92 Å². The van der Waals surface area contributed by atoms with E-state index in [1.165, 1.54) is 0 Å². The third kappa shape index (κ3) is 2.51. The Morgan fingerprint density at radius 3 is 2.62 bits per heavy atom. The van der Waals surface area contributed by atoms with Crippen molar-refractivity contribution in [2.45, 2.75) is 13.5 Å². The molecule has 0 aliphatic carbocycles. The SMILES string of the molecule is Cc1cc(N)ccc1OCc1ccncc1. The van der Waals surface area contributed by atoms with Gasteiger partial charge in [-0.2, -0.15) is 0 Å². The summed E-state index contributed by atoms with van der Waals surface area (Å²) in [6, 6.07) is 9.52. The van der Waals surface area contributed by atoms with Gasteiger partial charge in [0.25, 0.3) is 0 Å². The van der Waals surface area contributed by atoms with Gasteiger partial charge in [0, 0.05) is 18.1 Å². The summed E-state index contributed by atoms with van der Waals surface area (Å²) in [4.78, 5) is 3.96. The van der Waals surface area contributed by atoms with Gasteiger partial charge in [-0.15, -0.1) is 0 Å². The van der Waals surface area contributed by atoms with Crippen molar-refractivity contribution in [3.63, 3.8) is 0 Å². The molecule has 0 fully saturated rings. The van der Waals surface area contributed by atoms with Crippen molar-refractivity contribution in [3.05, 3.63) is 53.9 Å². The normalized spacial score (nSPS) is 10.1. The van der Waals surface area contributed by atoms with Crippen molar-refractivity contribution >= 4 is 5.69 Å². The maximum atomic E-state index is 5.69. The van der Waals surface area contributed by atoms with Gasteiger partial charge >= 0.3 is 0 Å². The number of hydrogen-bond donors (Lipinski definition) is 1. The zero-order chi connectivity index (χ0) is 11.4. The lowest BCUT2D eigenvalue weighted by Gasteiger charge is -2.09. The van der Waals surface area contributed by atoms with Gasteiger partial charge in [0.05, 0.1) is 0 Å². The lowest BCUT2D eigenvalue weighted by Crippen LogP contribution is -1.97. The fraction of sp³-hybridized carbons (Fsp3) is 0.154. The van der Waals surface area contributed by atoms with E-state index < -0.39 is 0 Å². The molecule has 16 heavy (non-hydrogen) atoms. The van der Waals surface area contributed by atoms with E-state index in [0.717, 1.165) is 22.6 Å². The van der Waals surface area contributed by atoms with E-state index in [9.17, 15) is 0 Å². The van der Waals surface area contributed by atoms with E-state index in [4.69, 9.17) is 10.5 Å². The van der Waals surface area contributed by atoms with Crippen molar-refractivity contribution in [1.29, 1.82) is 0 Å². The van der Waals surface area contributed by atoms with E-state index in [1.54, 1.807) is 12.4 Å². The first-order chi connectivity index (χ1) is 7.75. The lowest BCUT2D eigenvalue weighted by atomic mass is 10.2. The molecular formula is C13H14N2O. The molecule has 2 N–H and O–H groups in total. The van der Waals surface area contributed by atoms with Crippen molar-refractivity contribution in [2.75, 3.05) is 5.73 Å². The van der Waals surface area contributed by atoms with E-state index in [0.29, 0.717) is 6.61 Å². The second-order valence-electron chi connectivity index (χ2n) is 3.67. The minimum atomic E-state index is 0.549. The predicted octanol–water partition coefficient (Wildman–Crippen LogP) is 2.55. The van der Waals surface area contributed by atoms with E-state index in [2.05, 4.69) is 4.98 Å². The second kappa shape index (κ2) is 4.66. The topological polar surface area (TPSA) is 48.1 Å². The third-order valence-corrected chi connectivity index (χ3v) is 2.34. The Bertz CT molecular complexity index is 469. The van der Waals surface area contributed by atoms with Gasteiger partial charge < -0.3 is 10.5 Å². The molecule has 0 atom stereocenters. The molecule has 0 amide bonds. The van der Waals surface area contributed by atoms with Crippen LogP contribution in [0.5, 0.6) is 5.75 Å². The van der Waals surface area contributed by atoms with Crippen LogP contribution < -0.4 is 10.5 Å². The summed E-state index contributed by atoms with van der Waals surface area (Å²) in [6.07, 6.45) is 3.52. The Balaban J connectivity index is 2.05. The van der Waals surface area contributed by atoms with Crippen LogP contribution in [0.25, 0.3) is 0 Å². The van der Waals surface area contributed by atoms with Gasteiger partial charge in [-0.3, -0.25) is 4.98 Å². The third-order valence-electron chi connectivity index (χ3n) is 2.34. The molecule has 3 heteroatoms. The smallest absolute Gasteiger partial charge is 0.122 e. The number of anilines is 1. The first-order valence-corrected chi connectivity index (χ1v) is 5.13. The highest BCUT2D eigenvalue weighted by molar-refractivity contribution is 5.47. The predicted molar refractivity (Wildman–Crippen MR) is 64.2 cm³/mol. The molecule has 0 aliphatic rings. The van der Waals surface area contributed by atoms with Gasteiger partial charge in [-0.1, -0.05) is 0 Å². The van der Waals surface area contributed by atoms with Gasteiger partial charge in [0.1, 0.15) is 12.4 Å². The fourth-order valence-electron chi connectivity index (χ4n) is 1.47. The molecule has 3 nitrogen and oxygen atoms in total. The highest BCUT2D eigenvalue weighted by Gasteiger charge is 2.00. The lowest BCUT2D eigenvalue weighted by molar-refractivity contribution is 0.304. The number of ether oxygens (including phenoxy) is 1. The number of aryl methyl sites for hydroxylation is 1. The molecule has 1 heterocycles. The number of aromatic nitrogens is 1. The number of nitrogens with two attached hydrogens (primary N) is 1. The van der Waals surface area contributed by atoms with Crippen LogP contribution in [0.15, 0.2) is 42.7 Å². The first-order valence-electron chi connectivity index (χ1n) is 5.13. The van der Waals surface area contributed by atoms with Gasteiger partial charge in [0.15, 0.2) is 0 Å². The molecule has 0 saturated carbocycles. The quantitative estimate of drug-likeness (QED) is 0.799. The highest BCUT2D eigenvalue weighted by Crippen LogP contribution is 2.21. The van der Waals surface area contributed by atoms with Crippen LogP contribution in [0.4, 0.5) is 5.69 Å². The summed E-state index contributed by atoms with van der Waals surface area (Å²) in [5, 5.41) is 0. The highest BCUT2D eigenvalue weighted by atomic mass is 16.5. The van der Waals surface area contributed by atoms with Crippen LogP contribution in [0.2, 0.25) is 0 Å². The summed E-state index contributed by atoms with van der Waals surface area (Å²) in [5.74, 6) is 0.867. The number of pyridine rings is 1. The Morgan fingerprint density at radius 1 is 1.19 bits per heavy atom. The van der Waals surface area contributed by atoms with Crippen molar-refractivity contribution < 1.29 is 4.74 Å². The van der Waals surface area contributed by atoms with Crippen LogP contribution in [0.3, 0.4) is 0 Å². The standard InChI is InChI=1S/C13H14N2O/c1-10-8-12(14)2-3-13(10)16-9-11-4-6-15-7-5-11/h2-8H,9,14H2,1H3. The molecule has 1 aromatic heterocycles. The van der Waals surface area contributed by atoms with Crippen molar-refractivity contribution in [1.82, 2.24) is 4.98 Å². The second-order valence-corrected chi connectivity index (χ2v) is 3.67. The molecule has 0 saturated heterocycles. The Labute approximate surface area is 94.9 Å².